The molecule has 6 heteroatoms. The first-order valence-electron chi connectivity index (χ1n) is 11.6. The van der Waals surface area contributed by atoms with Gasteiger partial charge in [0, 0.05) is 47.8 Å². The summed E-state index contributed by atoms with van der Waals surface area (Å²) in [7, 11) is 0. The summed E-state index contributed by atoms with van der Waals surface area (Å²) in [6.07, 6.45) is 8.65. The molecule has 0 atom stereocenters. The minimum Gasteiger partial charge on any atom is -0.313 e. The SMILES string of the molecule is CC1(C)CC(=O)CC(C)(C)N1O.CC1(C)CC(=O)CC(C)(C)N1OC1CCCCC1. The summed E-state index contributed by atoms with van der Waals surface area (Å²) in [5.74, 6) is 0.587. The standard InChI is InChI=1S/C15H27NO2.C9H17NO2/c1-14(2)10-12(17)11-15(3,4)16(14)18-13-8-6-5-7-9-13;1-8(2)5-7(11)6-9(3,4)10(8)12/h13H,5-11H2,1-4H3;12H,5-6H2,1-4H3. The monoisotopic (exact) mass is 424 g/mol. The van der Waals surface area contributed by atoms with Gasteiger partial charge in [-0.25, -0.2) is 0 Å². The zero-order valence-electron chi connectivity index (χ0n) is 20.5. The van der Waals surface area contributed by atoms with Crippen LogP contribution in [0.4, 0.5) is 0 Å². The molecule has 0 spiro atoms. The Kier molecular flexibility index (Phi) is 7.61. The Morgan fingerprint density at radius 3 is 1.47 bits per heavy atom. The Balaban J connectivity index is 0.000000232. The van der Waals surface area contributed by atoms with Crippen LogP contribution >= 0.6 is 0 Å². The Hall–Kier alpha value is -0.820. The van der Waals surface area contributed by atoms with Crippen LogP contribution in [0.15, 0.2) is 0 Å². The highest BCUT2D eigenvalue weighted by molar-refractivity contribution is 5.82. The quantitative estimate of drug-likeness (QED) is 0.667. The van der Waals surface area contributed by atoms with E-state index in [0.29, 0.717) is 37.6 Å². The minimum absolute atomic E-state index is 0.184. The maximum atomic E-state index is 11.8. The maximum absolute atomic E-state index is 11.8. The third kappa shape index (κ3) is 6.12. The molecule has 0 unspecified atom stereocenters. The lowest BCUT2D eigenvalue weighted by molar-refractivity contribution is -0.302. The van der Waals surface area contributed by atoms with Crippen LogP contribution in [-0.4, -0.2) is 55.2 Å². The highest BCUT2D eigenvalue weighted by Gasteiger charge is 2.47. The molecule has 0 aromatic heterocycles. The second kappa shape index (κ2) is 8.97. The largest absolute Gasteiger partial charge is 0.313 e. The van der Waals surface area contributed by atoms with E-state index >= 15 is 0 Å². The molecule has 2 aliphatic heterocycles. The van der Waals surface area contributed by atoms with E-state index in [4.69, 9.17) is 4.84 Å². The molecule has 1 aliphatic carbocycles. The predicted octanol–water partition coefficient (Wildman–Crippen LogP) is 5.07. The molecule has 0 amide bonds. The van der Waals surface area contributed by atoms with Crippen molar-refractivity contribution in [3.63, 3.8) is 0 Å². The lowest BCUT2D eigenvalue weighted by atomic mass is 9.81. The van der Waals surface area contributed by atoms with Gasteiger partial charge in [0.2, 0.25) is 0 Å². The number of piperidine rings is 2. The Bertz CT molecular complexity index is 593. The fraction of sp³-hybridized carbons (Fsp3) is 0.917. The number of nitrogens with zero attached hydrogens (tertiary/aromatic N) is 2. The second-order valence-corrected chi connectivity index (χ2v) is 12.0. The number of carbonyl (C=O) groups excluding carboxylic acids is 2. The van der Waals surface area contributed by atoms with Crippen LogP contribution < -0.4 is 0 Å². The topological polar surface area (TPSA) is 70.1 Å². The molecule has 3 rings (SSSR count). The summed E-state index contributed by atoms with van der Waals surface area (Å²) in [5, 5.41) is 13.2. The van der Waals surface area contributed by atoms with Gasteiger partial charge in [-0.3, -0.25) is 14.4 Å². The third-order valence-electron chi connectivity index (χ3n) is 6.57. The maximum Gasteiger partial charge on any atom is 0.136 e. The molecule has 0 aromatic rings. The van der Waals surface area contributed by atoms with Crippen LogP contribution in [0.3, 0.4) is 0 Å². The van der Waals surface area contributed by atoms with Crippen molar-refractivity contribution in [2.45, 2.75) is 141 Å². The van der Waals surface area contributed by atoms with Crippen molar-refractivity contribution in [3.8, 4) is 0 Å². The van der Waals surface area contributed by atoms with Gasteiger partial charge < -0.3 is 5.21 Å². The Labute approximate surface area is 183 Å². The van der Waals surface area contributed by atoms with Crippen LogP contribution in [0.2, 0.25) is 0 Å². The first kappa shape index (κ1) is 25.4. The van der Waals surface area contributed by atoms with Gasteiger partial charge in [0.15, 0.2) is 0 Å². The summed E-state index contributed by atoms with van der Waals surface area (Å²) in [6, 6.07) is 0. The van der Waals surface area contributed by atoms with Crippen molar-refractivity contribution >= 4 is 11.6 Å². The number of Topliss-reactive ketones (excluding diaryl/α,β-unsaturated/α-hetero) is 2. The van der Waals surface area contributed by atoms with Gasteiger partial charge in [-0.1, -0.05) is 19.3 Å². The van der Waals surface area contributed by atoms with Gasteiger partial charge in [-0.2, -0.15) is 10.1 Å². The Morgan fingerprint density at radius 2 is 1.07 bits per heavy atom. The average Bonchev–Trinajstić information content (AvgIpc) is 2.56. The summed E-state index contributed by atoms with van der Waals surface area (Å²) >= 11 is 0. The molecule has 3 aliphatic rings. The summed E-state index contributed by atoms with van der Waals surface area (Å²) in [6.45, 7) is 16.0. The van der Waals surface area contributed by atoms with Crippen molar-refractivity contribution < 1.29 is 19.6 Å². The van der Waals surface area contributed by atoms with Gasteiger partial charge in [0.05, 0.1) is 6.10 Å². The van der Waals surface area contributed by atoms with Gasteiger partial charge in [0.25, 0.3) is 0 Å². The van der Waals surface area contributed by atoms with E-state index in [9.17, 15) is 14.8 Å². The van der Waals surface area contributed by atoms with Crippen LogP contribution in [-0.2, 0) is 14.4 Å². The molecular weight excluding hydrogens is 380 g/mol. The minimum atomic E-state index is -0.418. The van der Waals surface area contributed by atoms with Crippen LogP contribution in [0, 0.1) is 0 Å². The van der Waals surface area contributed by atoms with Crippen molar-refractivity contribution in [2.24, 2.45) is 0 Å². The molecule has 0 radical (unpaired) electrons. The molecule has 30 heavy (non-hydrogen) atoms. The zero-order chi connectivity index (χ0) is 23.0. The summed E-state index contributed by atoms with van der Waals surface area (Å²) in [4.78, 5) is 29.4. The van der Waals surface area contributed by atoms with Gasteiger partial charge in [-0.05, 0) is 68.2 Å². The third-order valence-corrected chi connectivity index (χ3v) is 6.57. The van der Waals surface area contributed by atoms with Crippen molar-refractivity contribution in [1.29, 1.82) is 0 Å². The molecule has 1 N–H and O–H groups in total. The fourth-order valence-electron chi connectivity index (χ4n) is 5.59. The zero-order valence-corrected chi connectivity index (χ0v) is 20.5. The highest BCUT2D eigenvalue weighted by atomic mass is 16.7. The molecule has 6 nitrogen and oxygen atoms in total. The number of hydrogen-bond acceptors (Lipinski definition) is 6. The van der Waals surface area contributed by atoms with E-state index in [1.54, 1.807) is 0 Å². The highest BCUT2D eigenvalue weighted by Crippen LogP contribution is 2.38. The van der Waals surface area contributed by atoms with Gasteiger partial charge in [-0.15, -0.1) is 0 Å². The van der Waals surface area contributed by atoms with Crippen molar-refractivity contribution in [3.05, 3.63) is 0 Å². The number of hydrogen-bond donors (Lipinski definition) is 1. The second-order valence-electron chi connectivity index (χ2n) is 12.0. The van der Waals surface area contributed by atoms with Gasteiger partial charge in [0.1, 0.15) is 11.6 Å². The van der Waals surface area contributed by atoms with E-state index < -0.39 is 11.1 Å². The van der Waals surface area contributed by atoms with E-state index in [0.717, 1.165) is 12.8 Å². The first-order chi connectivity index (χ1) is 13.6. The Morgan fingerprint density at radius 1 is 0.700 bits per heavy atom. The van der Waals surface area contributed by atoms with E-state index in [1.165, 1.54) is 24.3 Å². The van der Waals surface area contributed by atoms with Crippen molar-refractivity contribution in [2.75, 3.05) is 0 Å². The van der Waals surface area contributed by atoms with Crippen LogP contribution in [0.5, 0.6) is 0 Å². The molecule has 2 heterocycles. The number of rotatable bonds is 2. The predicted molar refractivity (Wildman–Crippen MR) is 118 cm³/mol. The number of carbonyl (C=O) groups is 2. The smallest absolute Gasteiger partial charge is 0.136 e. The summed E-state index contributed by atoms with van der Waals surface area (Å²) in [5.41, 5.74) is -1.20. The van der Waals surface area contributed by atoms with Crippen LogP contribution in [0.1, 0.15) is 113 Å². The number of hydroxylamine groups is 4. The van der Waals surface area contributed by atoms with Crippen molar-refractivity contribution in [1.82, 2.24) is 10.1 Å². The molecule has 3 fully saturated rings. The number of ketones is 2. The molecule has 2 saturated heterocycles. The molecule has 0 bridgehead atoms. The summed E-state index contributed by atoms with van der Waals surface area (Å²) < 4.78 is 0. The van der Waals surface area contributed by atoms with E-state index in [2.05, 4.69) is 32.8 Å². The molecule has 0 aromatic carbocycles. The van der Waals surface area contributed by atoms with Gasteiger partial charge >= 0.3 is 0 Å². The molecular formula is C24H44N2O4. The fourth-order valence-corrected chi connectivity index (χ4v) is 5.59. The first-order valence-corrected chi connectivity index (χ1v) is 11.6. The molecule has 174 valence electrons. The normalized spacial score (nSPS) is 29.2. The van der Waals surface area contributed by atoms with E-state index in [1.807, 2.05) is 27.7 Å². The van der Waals surface area contributed by atoms with Crippen LogP contribution in [0.25, 0.3) is 0 Å². The lowest BCUT2D eigenvalue weighted by Gasteiger charge is -2.52. The lowest BCUT2D eigenvalue weighted by Crippen LogP contribution is -2.61. The van der Waals surface area contributed by atoms with E-state index in [-0.39, 0.29) is 16.9 Å². The molecule has 1 saturated carbocycles. The average molecular weight is 425 g/mol.